The molecular formula is C7H9N3O3. The summed E-state index contributed by atoms with van der Waals surface area (Å²) in [5.74, 6) is -1.87. The number of β-lactam (4-membered cyclic amide) rings is 2. The number of carbonyl (C=O) groups is 3. The number of hydrogen-bond acceptors (Lipinski definition) is 4. The molecule has 2 fully saturated rings. The van der Waals surface area contributed by atoms with Crippen molar-refractivity contribution < 1.29 is 14.4 Å². The van der Waals surface area contributed by atoms with Crippen LogP contribution in [0, 0.1) is 5.92 Å². The summed E-state index contributed by atoms with van der Waals surface area (Å²) < 4.78 is 0. The Labute approximate surface area is 73.8 Å². The van der Waals surface area contributed by atoms with Crippen LogP contribution in [0.25, 0.3) is 0 Å². The lowest BCUT2D eigenvalue weighted by Crippen LogP contribution is -2.76. The van der Waals surface area contributed by atoms with Crippen molar-refractivity contribution in [3.05, 3.63) is 0 Å². The fraction of sp³-hybridized carbons (Fsp3) is 0.571. The van der Waals surface area contributed by atoms with Crippen LogP contribution >= 0.6 is 0 Å². The first-order valence-corrected chi connectivity index (χ1v) is 3.93. The van der Waals surface area contributed by atoms with Crippen molar-refractivity contribution in [2.45, 2.75) is 18.5 Å². The van der Waals surface area contributed by atoms with Crippen molar-refractivity contribution in [2.75, 3.05) is 0 Å². The van der Waals surface area contributed by atoms with Gasteiger partial charge in [0.15, 0.2) is 0 Å². The van der Waals surface area contributed by atoms with Gasteiger partial charge >= 0.3 is 0 Å². The number of nitrogens with one attached hydrogen (secondary N) is 2. The van der Waals surface area contributed by atoms with Gasteiger partial charge in [0.2, 0.25) is 11.4 Å². The van der Waals surface area contributed by atoms with E-state index in [1.54, 1.807) is 6.92 Å². The Hall–Kier alpha value is -1.43. The molecule has 0 saturated carbocycles. The van der Waals surface area contributed by atoms with Gasteiger partial charge in [0.05, 0.1) is 6.04 Å². The van der Waals surface area contributed by atoms with Gasteiger partial charge in [-0.05, 0) is 0 Å². The van der Waals surface area contributed by atoms with Crippen LogP contribution in [0.5, 0.6) is 0 Å². The molecule has 6 heteroatoms. The minimum Gasteiger partial charge on any atom is -0.332 e. The molecular weight excluding hydrogens is 174 g/mol. The van der Waals surface area contributed by atoms with E-state index in [0.717, 1.165) is 0 Å². The maximum atomic E-state index is 11.2. The molecule has 2 saturated heterocycles. The number of amides is 3. The third kappa shape index (κ3) is 0.689. The number of carbonyl (C=O) groups excluding carboxylic acids is 3. The van der Waals surface area contributed by atoms with Gasteiger partial charge in [-0.2, -0.15) is 0 Å². The Bertz CT molecular complexity index is 311. The molecule has 2 rings (SSSR count). The zero-order valence-corrected chi connectivity index (χ0v) is 6.96. The SMILES string of the molecule is C[C@H]1[C@@H](N)C(=O)NC12C(=O)NC2=O. The van der Waals surface area contributed by atoms with E-state index in [-0.39, 0.29) is 0 Å². The molecule has 0 aromatic heterocycles. The molecule has 0 radical (unpaired) electrons. The minimum absolute atomic E-state index is 0.448. The molecule has 2 aliphatic rings. The predicted octanol–water partition coefficient (Wildman–Crippen LogP) is -2.53. The number of imide groups is 1. The Morgan fingerprint density at radius 2 is 1.85 bits per heavy atom. The molecule has 3 amide bonds. The molecule has 6 nitrogen and oxygen atoms in total. The predicted molar refractivity (Wildman–Crippen MR) is 41.2 cm³/mol. The normalized spacial score (nSPS) is 35.7. The Morgan fingerprint density at radius 1 is 1.31 bits per heavy atom. The van der Waals surface area contributed by atoms with Crippen molar-refractivity contribution in [1.82, 2.24) is 10.6 Å². The van der Waals surface area contributed by atoms with Crippen LogP contribution in [-0.2, 0) is 14.4 Å². The lowest BCUT2D eigenvalue weighted by molar-refractivity contribution is -0.154. The van der Waals surface area contributed by atoms with E-state index >= 15 is 0 Å². The van der Waals surface area contributed by atoms with Crippen molar-refractivity contribution in [3.63, 3.8) is 0 Å². The van der Waals surface area contributed by atoms with Gasteiger partial charge < -0.3 is 11.1 Å². The van der Waals surface area contributed by atoms with Crippen LogP contribution in [-0.4, -0.2) is 29.3 Å². The second-order valence-electron chi connectivity index (χ2n) is 3.39. The highest BCUT2D eigenvalue weighted by atomic mass is 16.2. The molecule has 2 heterocycles. The molecule has 2 aliphatic heterocycles. The minimum atomic E-state index is -1.38. The molecule has 2 atom stereocenters. The van der Waals surface area contributed by atoms with E-state index in [2.05, 4.69) is 10.6 Å². The van der Waals surface area contributed by atoms with Crippen molar-refractivity contribution >= 4 is 17.7 Å². The van der Waals surface area contributed by atoms with Gasteiger partial charge in [-0.1, -0.05) is 6.92 Å². The topological polar surface area (TPSA) is 101 Å². The van der Waals surface area contributed by atoms with Gasteiger partial charge in [0.1, 0.15) is 0 Å². The average molecular weight is 183 g/mol. The van der Waals surface area contributed by atoms with Gasteiger partial charge in [0, 0.05) is 5.92 Å². The maximum Gasteiger partial charge on any atom is 0.262 e. The van der Waals surface area contributed by atoms with E-state index in [1.165, 1.54) is 0 Å². The van der Waals surface area contributed by atoms with Crippen molar-refractivity contribution in [3.8, 4) is 0 Å². The molecule has 0 aliphatic carbocycles. The number of hydrogen-bond donors (Lipinski definition) is 3. The Morgan fingerprint density at radius 3 is 2.08 bits per heavy atom. The quantitative estimate of drug-likeness (QED) is 0.285. The van der Waals surface area contributed by atoms with Crippen LogP contribution < -0.4 is 16.4 Å². The van der Waals surface area contributed by atoms with E-state index in [0.29, 0.717) is 0 Å². The number of nitrogens with two attached hydrogens (primary N) is 1. The molecule has 0 bridgehead atoms. The smallest absolute Gasteiger partial charge is 0.262 e. The van der Waals surface area contributed by atoms with E-state index in [1.807, 2.05) is 0 Å². The first kappa shape index (κ1) is 8.18. The maximum absolute atomic E-state index is 11.2. The molecule has 0 aromatic rings. The fourth-order valence-corrected chi connectivity index (χ4v) is 1.76. The van der Waals surface area contributed by atoms with Crippen LogP contribution in [0.2, 0.25) is 0 Å². The molecule has 13 heavy (non-hydrogen) atoms. The molecule has 70 valence electrons. The second-order valence-corrected chi connectivity index (χ2v) is 3.39. The second kappa shape index (κ2) is 2.08. The molecule has 0 aromatic carbocycles. The summed E-state index contributed by atoms with van der Waals surface area (Å²) in [6.07, 6.45) is 0. The van der Waals surface area contributed by atoms with E-state index < -0.39 is 35.2 Å². The van der Waals surface area contributed by atoms with Crippen LogP contribution in [0.4, 0.5) is 0 Å². The molecule has 1 spiro atoms. The van der Waals surface area contributed by atoms with E-state index in [4.69, 9.17) is 5.73 Å². The standard InChI is InChI=1S/C7H9N3O3/c1-2-3(8)4(11)10-7(2)5(12)9-6(7)13/h2-3H,8H2,1H3,(H,10,11)(H,9,12,13)/t2-,3+/m0/s1. The zero-order valence-electron chi connectivity index (χ0n) is 6.96. The Balaban J connectivity index is 2.40. The summed E-state index contributed by atoms with van der Waals surface area (Å²) in [5.41, 5.74) is 4.11. The fourth-order valence-electron chi connectivity index (χ4n) is 1.76. The zero-order chi connectivity index (χ0) is 9.80. The van der Waals surface area contributed by atoms with Crippen LogP contribution in [0.1, 0.15) is 6.92 Å². The first-order chi connectivity index (χ1) is 6.00. The Kier molecular flexibility index (Phi) is 1.31. The number of rotatable bonds is 0. The summed E-state index contributed by atoms with van der Waals surface area (Å²) in [4.78, 5) is 33.4. The summed E-state index contributed by atoms with van der Waals surface area (Å²) in [6.45, 7) is 1.61. The van der Waals surface area contributed by atoms with Crippen LogP contribution in [0.15, 0.2) is 0 Å². The largest absolute Gasteiger partial charge is 0.332 e. The van der Waals surface area contributed by atoms with Gasteiger partial charge in [-0.3, -0.25) is 19.7 Å². The summed E-state index contributed by atoms with van der Waals surface area (Å²) in [5, 5.41) is 4.40. The van der Waals surface area contributed by atoms with Crippen molar-refractivity contribution in [1.29, 1.82) is 0 Å². The lowest BCUT2D eigenvalue weighted by Gasteiger charge is -2.37. The summed E-state index contributed by atoms with van der Waals surface area (Å²) >= 11 is 0. The van der Waals surface area contributed by atoms with Gasteiger partial charge in [-0.15, -0.1) is 0 Å². The summed E-state index contributed by atoms with van der Waals surface area (Å²) in [7, 11) is 0. The molecule has 0 unspecified atom stereocenters. The average Bonchev–Trinajstić information content (AvgIpc) is 2.32. The monoisotopic (exact) mass is 183 g/mol. The van der Waals surface area contributed by atoms with Gasteiger partial charge in [0.25, 0.3) is 11.8 Å². The highest BCUT2D eigenvalue weighted by Gasteiger charge is 2.66. The van der Waals surface area contributed by atoms with Gasteiger partial charge in [-0.25, -0.2) is 0 Å². The lowest BCUT2D eigenvalue weighted by atomic mass is 9.78. The third-order valence-electron chi connectivity index (χ3n) is 2.79. The first-order valence-electron chi connectivity index (χ1n) is 3.93. The van der Waals surface area contributed by atoms with Crippen LogP contribution in [0.3, 0.4) is 0 Å². The van der Waals surface area contributed by atoms with Crippen molar-refractivity contribution in [2.24, 2.45) is 11.7 Å². The highest BCUT2D eigenvalue weighted by molar-refractivity contribution is 6.29. The third-order valence-corrected chi connectivity index (χ3v) is 2.79. The molecule has 4 N–H and O–H groups in total. The highest BCUT2D eigenvalue weighted by Crippen LogP contribution is 2.31. The summed E-state index contributed by atoms with van der Waals surface area (Å²) in [6, 6.07) is -0.782. The van der Waals surface area contributed by atoms with E-state index in [9.17, 15) is 14.4 Å².